The highest BCUT2D eigenvalue weighted by atomic mass is 16.5. The molecule has 1 saturated heterocycles. The highest BCUT2D eigenvalue weighted by molar-refractivity contribution is 5.86. The van der Waals surface area contributed by atoms with Gasteiger partial charge in [-0.1, -0.05) is 75.7 Å². The van der Waals surface area contributed by atoms with Crippen LogP contribution in [0.25, 0.3) is 10.8 Å². The fraction of sp³-hybridized carbons (Fsp3) is 0.484. The Morgan fingerprint density at radius 3 is 2.35 bits per heavy atom. The van der Waals surface area contributed by atoms with Crippen LogP contribution in [0.3, 0.4) is 0 Å². The predicted octanol–water partition coefficient (Wildman–Crippen LogP) is 7.26. The van der Waals surface area contributed by atoms with E-state index in [2.05, 4.69) is 62.1 Å². The summed E-state index contributed by atoms with van der Waals surface area (Å²) in [6, 6.07) is 21.6. The number of fused-ring (bicyclic) bond motifs is 1. The Kier molecular flexibility index (Phi) is 7.95. The quantitative estimate of drug-likeness (QED) is 0.365. The molecule has 1 heterocycles. The molecule has 3 heteroatoms. The van der Waals surface area contributed by atoms with Gasteiger partial charge in [-0.05, 0) is 83.5 Å². The van der Waals surface area contributed by atoms with Gasteiger partial charge in [0.2, 0.25) is 0 Å². The fourth-order valence-corrected chi connectivity index (χ4v) is 5.42. The van der Waals surface area contributed by atoms with Gasteiger partial charge in [-0.2, -0.15) is 0 Å². The van der Waals surface area contributed by atoms with Gasteiger partial charge in [0, 0.05) is 13.1 Å². The minimum absolute atomic E-state index is 0.475. The maximum Gasteiger partial charge on any atom is 0.144 e. The first-order chi connectivity index (χ1) is 16.4. The molecule has 3 aromatic carbocycles. The van der Waals surface area contributed by atoms with Crippen molar-refractivity contribution in [3.05, 3.63) is 77.4 Å². The lowest BCUT2D eigenvalue weighted by Crippen LogP contribution is -2.48. The second kappa shape index (κ2) is 10.9. The van der Waals surface area contributed by atoms with E-state index in [-0.39, 0.29) is 0 Å². The Balaban J connectivity index is 1.53. The molecule has 3 nitrogen and oxygen atoms in total. The number of piperidine rings is 1. The third kappa shape index (κ3) is 5.47. The van der Waals surface area contributed by atoms with E-state index in [1.54, 1.807) is 7.11 Å². The number of methoxy groups -OCH3 is 1. The third-order valence-corrected chi connectivity index (χ3v) is 7.65. The maximum atomic E-state index is 12.0. The summed E-state index contributed by atoms with van der Waals surface area (Å²) in [6.45, 7) is 8.76. The normalized spacial score (nSPS) is 17.6. The Morgan fingerprint density at radius 1 is 0.941 bits per heavy atom. The van der Waals surface area contributed by atoms with E-state index in [1.807, 2.05) is 24.3 Å². The summed E-state index contributed by atoms with van der Waals surface area (Å²) >= 11 is 0. The van der Waals surface area contributed by atoms with Crippen molar-refractivity contribution in [1.29, 1.82) is 0 Å². The Morgan fingerprint density at radius 2 is 1.68 bits per heavy atom. The van der Waals surface area contributed by atoms with E-state index < -0.39 is 5.72 Å². The highest BCUT2D eigenvalue weighted by Gasteiger charge is 2.37. The first-order valence-corrected chi connectivity index (χ1v) is 13.0. The van der Waals surface area contributed by atoms with Gasteiger partial charge in [0.1, 0.15) is 11.5 Å². The SMILES string of the molecule is COc1ccc(C(O)(CCC(C)Cc2cccc3ccc(C(C)C)cc23)N2CCCCC2)cc1. The van der Waals surface area contributed by atoms with Gasteiger partial charge in [-0.25, -0.2) is 0 Å². The molecule has 0 amide bonds. The summed E-state index contributed by atoms with van der Waals surface area (Å²) in [5.74, 6) is 1.83. The van der Waals surface area contributed by atoms with Gasteiger partial charge >= 0.3 is 0 Å². The molecule has 0 spiro atoms. The van der Waals surface area contributed by atoms with Crippen LogP contribution in [-0.2, 0) is 12.1 Å². The van der Waals surface area contributed by atoms with Crippen molar-refractivity contribution in [1.82, 2.24) is 4.90 Å². The van der Waals surface area contributed by atoms with Crippen LogP contribution in [0.4, 0.5) is 0 Å². The zero-order valence-corrected chi connectivity index (χ0v) is 21.4. The molecule has 2 atom stereocenters. The van der Waals surface area contributed by atoms with Crippen molar-refractivity contribution in [2.45, 2.75) is 70.9 Å². The van der Waals surface area contributed by atoms with Gasteiger partial charge < -0.3 is 9.84 Å². The van der Waals surface area contributed by atoms with Crippen molar-refractivity contribution in [3.8, 4) is 5.75 Å². The van der Waals surface area contributed by atoms with Crippen LogP contribution in [0.5, 0.6) is 5.75 Å². The summed E-state index contributed by atoms with van der Waals surface area (Å²) in [5, 5.41) is 14.7. The molecule has 0 radical (unpaired) electrons. The molecule has 182 valence electrons. The van der Waals surface area contributed by atoms with E-state index in [9.17, 15) is 5.11 Å². The minimum atomic E-state index is -0.926. The molecule has 34 heavy (non-hydrogen) atoms. The fourth-order valence-electron chi connectivity index (χ4n) is 5.42. The second-order valence-electron chi connectivity index (χ2n) is 10.5. The Hall–Kier alpha value is -2.36. The first kappa shape index (κ1) is 24.8. The minimum Gasteiger partial charge on any atom is -0.497 e. The summed E-state index contributed by atoms with van der Waals surface area (Å²) in [5.41, 5.74) is 2.86. The molecule has 3 aromatic rings. The topological polar surface area (TPSA) is 32.7 Å². The molecule has 1 aliphatic heterocycles. The largest absolute Gasteiger partial charge is 0.497 e. The lowest BCUT2D eigenvalue weighted by atomic mass is 9.87. The number of hydrogen-bond acceptors (Lipinski definition) is 3. The lowest BCUT2D eigenvalue weighted by Gasteiger charge is -2.43. The Labute approximate surface area is 205 Å². The van der Waals surface area contributed by atoms with E-state index in [0.717, 1.165) is 56.5 Å². The molecule has 4 rings (SSSR count). The molecule has 1 fully saturated rings. The number of hydrogen-bond donors (Lipinski definition) is 1. The van der Waals surface area contributed by atoms with Crippen LogP contribution in [-0.4, -0.2) is 30.2 Å². The van der Waals surface area contributed by atoms with Crippen molar-refractivity contribution in [3.63, 3.8) is 0 Å². The summed E-state index contributed by atoms with van der Waals surface area (Å²) < 4.78 is 5.35. The van der Waals surface area contributed by atoms with Crippen LogP contribution in [0, 0.1) is 5.92 Å². The van der Waals surface area contributed by atoms with Crippen LogP contribution in [0.2, 0.25) is 0 Å². The van der Waals surface area contributed by atoms with Crippen molar-refractivity contribution in [2.75, 3.05) is 20.2 Å². The molecule has 0 saturated carbocycles. The van der Waals surface area contributed by atoms with E-state index in [4.69, 9.17) is 4.74 Å². The van der Waals surface area contributed by atoms with Crippen molar-refractivity contribution in [2.24, 2.45) is 5.92 Å². The first-order valence-electron chi connectivity index (χ1n) is 13.0. The van der Waals surface area contributed by atoms with Crippen LogP contribution < -0.4 is 4.74 Å². The number of rotatable bonds is 9. The van der Waals surface area contributed by atoms with E-state index in [0.29, 0.717) is 11.8 Å². The van der Waals surface area contributed by atoms with Gasteiger partial charge in [-0.15, -0.1) is 0 Å². The highest BCUT2D eigenvalue weighted by Crippen LogP contribution is 2.36. The smallest absolute Gasteiger partial charge is 0.144 e. The van der Waals surface area contributed by atoms with Crippen molar-refractivity contribution < 1.29 is 9.84 Å². The van der Waals surface area contributed by atoms with E-state index in [1.165, 1.54) is 28.3 Å². The van der Waals surface area contributed by atoms with Crippen molar-refractivity contribution >= 4 is 10.8 Å². The Bertz CT molecular complexity index is 1070. The second-order valence-corrected chi connectivity index (χ2v) is 10.5. The molecule has 0 aliphatic carbocycles. The number of ether oxygens (including phenoxy) is 1. The monoisotopic (exact) mass is 459 g/mol. The number of nitrogens with zero attached hydrogens (tertiary/aromatic N) is 1. The van der Waals surface area contributed by atoms with Crippen LogP contribution >= 0.6 is 0 Å². The zero-order valence-electron chi connectivity index (χ0n) is 21.4. The summed E-state index contributed by atoms with van der Waals surface area (Å²) in [6.07, 6.45) is 6.30. The lowest BCUT2D eigenvalue weighted by molar-refractivity contribution is -0.132. The third-order valence-electron chi connectivity index (χ3n) is 7.65. The average molecular weight is 460 g/mol. The van der Waals surface area contributed by atoms with Gasteiger partial charge in [0.05, 0.1) is 7.11 Å². The van der Waals surface area contributed by atoms with Gasteiger partial charge in [0.15, 0.2) is 0 Å². The number of aliphatic hydroxyl groups is 1. The molecule has 1 aliphatic rings. The molecule has 0 bridgehead atoms. The van der Waals surface area contributed by atoms with Crippen LogP contribution in [0.15, 0.2) is 60.7 Å². The molecular weight excluding hydrogens is 418 g/mol. The molecule has 2 unspecified atom stereocenters. The summed E-state index contributed by atoms with van der Waals surface area (Å²) in [7, 11) is 1.69. The molecule has 1 N–H and O–H groups in total. The van der Waals surface area contributed by atoms with Gasteiger partial charge in [0.25, 0.3) is 0 Å². The predicted molar refractivity (Wildman–Crippen MR) is 142 cm³/mol. The van der Waals surface area contributed by atoms with Crippen LogP contribution in [0.1, 0.15) is 75.5 Å². The zero-order chi connectivity index (χ0) is 24.1. The molecular formula is C31H41NO2. The molecule has 0 aromatic heterocycles. The number of likely N-dealkylation sites (tertiary alicyclic amines) is 1. The van der Waals surface area contributed by atoms with Gasteiger partial charge in [-0.3, -0.25) is 4.90 Å². The van der Waals surface area contributed by atoms with E-state index >= 15 is 0 Å². The number of benzene rings is 3. The maximum absolute atomic E-state index is 12.0. The average Bonchev–Trinajstić information content (AvgIpc) is 2.87. The standard InChI is InChI=1S/C31H41NO2/c1-23(2)26-12-11-25-9-8-10-27(30(25)22-26)21-24(3)17-18-31(33,32-19-6-5-7-20-32)28-13-15-29(34-4)16-14-28/h8-16,22-24,33H,5-7,17-21H2,1-4H3. The summed E-state index contributed by atoms with van der Waals surface area (Å²) in [4.78, 5) is 2.30.